The van der Waals surface area contributed by atoms with E-state index in [1.165, 1.54) is 19.3 Å². The summed E-state index contributed by atoms with van der Waals surface area (Å²) in [6.07, 6.45) is 4.13. The highest BCUT2D eigenvalue weighted by molar-refractivity contribution is 5.76. The van der Waals surface area contributed by atoms with Crippen molar-refractivity contribution in [2.75, 3.05) is 20.6 Å². The monoisotopic (exact) mass is 241 g/mol. The number of hydrogen-bond donors (Lipinski definition) is 2. The minimum Gasteiger partial charge on any atom is -0.349 e. The first-order valence-corrected chi connectivity index (χ1v) is 6.50. The fraction of sp³-hybridized carbons (Fsp3) is 0.923. The number of rotatable bonds is 5. The second-order valence-electron chi connectivity index (χ2n) is 6.20. The van der Waals surface area contributed by atoms with Crippen LogP contribution in [0.4, 0.5) is 0 Å². The summed E-state index contributed by atoms with van der Waals surface area (Å²) >= 11 is 0. The van der Waals surface area contributed by atoms with Gasteiger partial charge in [0.25, 0.3) is 0 Å². The maximum Gasteiger partial charge on any atom is 0.223 e. The van der Waals surface area contributed by atoms with Gasteiger partial charge in [-0.05, 0) is 24.7 Å². The first kappa shape index (κ1) is 14.5. The molecule has 0 aromatic carbocycles. The molecule has 100 valence electrons. The zero-order valence-electron chi connectivity index (χ0n) is 11.6. The van der Waals surface area contributed by atoms with Crippen molar-refractivity contribution in [3.8, 4) is 0 Å². The Bertz CT molecular complexity index is 263. The molecule has 0 aromatic heterocycles. The highest BCUT2D eigenvalue weighted by Gasteiger charge is 2.32. The van der Waals surface area contributed by atoms with Crippen molar-refractivity contribution in [1.82, 2.24) is 10.2 Å². The Labute approximate surface area is 105 Å². The van der Waals surface area contributed by atoms with Crippen molar-refractivity contribution < 1.29 is 4.79 Å². The van der Waals surface area contributed by atoms with Crippen LogP contribution in [-0.4, -0.2) is 43.5 Å². The van der Waals surface area contributed by atoms with Gasteiger partial charge in [0.15, 0.2) is 0 Å². The zero-order chi connectivity index (χ0) is 13.1. The van der Waals surface area contributed by atoms with Crippen molar-refractivity contribution in [1.29, 1.82) is 0 Å². The molecule has 0 saturated heterocycles. The third-order valence-electron chi connectivity index (χ3n) is 3.64. The molecule has 17 heavy (non-hydrogen) atoms. The molecule has 0 spiro atoms. The second kappa shape index (κ2) is 5.83. The molecule has 0 aliphatic heterocycles. The standard InChI is InChI=1S/C13H27N3O/c1-13(2)6-5-10(8-13)15-11(9-14)7-12(17)16(3)4/h10-11,15H,5-9,14H2,1-4H3. The molecule has 0 bridgehead atoms. The van der Waals surface area contributed by atoms with Gasteiger partial charge in [0.05, 0.1) is 0 Å². The molecule has 2 unspecified atom stereocenters. The summed E-state index contributed by atoms with van der Waals surface area (Å²) in [5.74, 6) is 0.144. The molecule has 3 N–H and O–H groups in total. The summed E-state index contributed by atoms with van der Waals surface area (Å²) in [7, 11) is 3.57. The van der Waals surface area contributed by atoms with Gasteiger partial charge in [-0.2, -0.15) is 0 Å². The summed E-state index contributed by atoms with van der Waals surface area (Å²) in [5.41, 5.74) is 6.17. The first-order valence-electron chi connectivity index (χ1n) is 6.50. The molecule has 0 aromatic rings. The van der Waals surface area contributed by atoms with Gasteiger partial charge in [-0.15, -0.1) is 0 Å². The third-order valence-corrected chi connectivity index (χ3v) is 3.64. The SMILES string of the molecule is CN(C)C(=O)CC(CN)NC1CCC(C)(C)C1. The molecular formula is C13H27N3O. The fourth-order valence-corrected chi connectivity index (χ4v) is 2.52. The Morgan fingerprint density at radius 1 is 1.53 bits per heavy atom. The number of amides is 1. The van der Waals surface area contributed by atoms with Crippen LogP contribution in [0.1, 0.15) is 39.5 Å². The van der Waals surface area contributed by atoms with Gasteiger partial charge in [0, 0.05) is 39.1 Å². The molecule has 1 saturated carbocycles. The lowest BCUT2D eigenvalue weighted by Crippen LogP contribution is -2.44. The predicted molar refractivity (Wildman–Crippen MR) is 70.7 cm³/mol. The van der Waals surface area contributed by atoms with Crippen LogP contribution >= 0.6 is 0 Å². The van der Waals surface area contributed by atoms with Crippen molar-refractivity contribution in [3.63, 3.8) is 0 Å². The average Bonchev–Trinajstić information content (AvgIpc) is 2.56. The van der Waals surface area contributed by atoms with Crippen LogP contribution in [-0.2, 0) is 4.79 Å². The van der Waals surface area contributed by atoms with Crippen LogP contribution in [0.15, 0.2) is 0 Å². The molecule has 4 heteroatoms. The Balaban J connectivity index is 2.40. The molecule has 1 aliphatic carbocycles. The number of carbonyl (C=O) groups is 1. The molecule has 0 radical (unpaired) electrons. The predicted octanol–water partition coefficient (Wildman–Crippen LogP) is 0.960. The smallest absolute Gasteiger partial charge is 0.223 e. The number of hydrogen-bond acceptors (Lipinski definition) is 3. The fourth-order valence-electron chi connectivity index (χ4n) is 2.52. The van der Waals surface area contributed by atoms with Crippen LogP contribution in [0.25, 0.3) is 0 Å². The Kier molecular flexibility index (Phi) is 4.95. The van der Waals surface area contributed by atoms with Crippen LogP contribution in [0.5, 0.6) is 0 Å². The van der Waals surface area contributed by atoms with E-state index in [9.17, 15) is 4.79 Å². The van der Waals surface area contributed by atoms with Gasteiger partial charge < -0.3 is 16.0 Å². The van der Waals surface area contributed by atoms with E-state index in [-0.39, 0.29) is 11.9 Å². The Morgan fingerprint density at radius 3 is 2.59 bits per heavy atom. The second-order valence-corrected chi connectivity index (χ2v) is 6.20. The highest BCUT2D eigenvalue weighted by atomic mass is 16.2. The molecule has 2 atom stereocenters. The minimum atomic E-state index is 0.115. The number of nitrogens with zero attached hydrogens (tertiary/aromatic N) is 1. The van der Waals surface area contributed by atoms with Crippen LogP contribution < -0.4 is 11.1 Å². The molecule has 1 aliphatic rings. The van der Waals surface area contributed by atoms with E-state index in [4.69, 9.17) is 5.73 Å². The normalized spacial score (nSPS) is 24.6. The summed E-state index contributed by atoms with van der Waals surface area (Å²) < 4.78 is 0. The number of nitrogens with one attached hydrogen (secondary N) is 1. The van der Waals surface area contributed by atoms with E-state index >= 15 is 0 Å². The van der Waals surface area contributed by atoms with Crippen molar-refractivity contribution in [2.45, 2.75) is 51.6 Å². The lowest BCUT2D eigenvalue weighted by Gasteiger charge is -2.24. The molecular weight excluding hydrogens is 214 g/mol. The molecule has 1 amide bonds. The maximum absolute atomic E-state index is 11.6. The topological polar surface area (TPSA) is 58.4 Å². The molecule has 0 heterocycles. The van der Waals surface area contributed by atoms with Gasteiger partial charge in [-0.25, -0.2) is 0 Å². The molecule has 4 nitrogen and oxygen atoms in total. The van der Waals surface area contributed by atoms with Gasteiger partial charge in [-0.3, -0.25) is 4.79 Å². The molecule has 1 rings (SSSR count). The minimum absolute atomic E-state index is 0.115. The maximum atomic E-state index is 11.6. The largest absolute Gasteiger partial charge is 0.349 e. The van der Waals surface area contributed by atoms with Crippen molar-refractivity contribution in [3.05, 3.63) is 0 Å². The van der Waals surface area contributed by atoms with E-state index in [0.717, 1.165) is 0 Å². The summed E-state index contributed by atoms with van der Waals surface area (Å²) in [6, 6.07) is 0.636. The van der Waals surface area contributed by atoms with Crippen LogP contribution in [0.2, 0.25) is 0 Å². The van der Waals surface area contributed by atoms with Crippen molar-refractivity contribution >= 4 is 5.91 Å². The highest BCUT2D eigenvalue weighted by Crippen LogP contribution is 2.37. The zero-order valence-corrected chi connectivity index (χ0v) is 11.6. The molecule has 1 fully saturated rings. The average molecular weight is 241 g/mol. The van der Waals surface area contributed by atoms with Crippen LogP contribution in [0, 0.1) is 5.41 Å². The van der Waals surface area contributed by atoms with E-state index in [2.05, 4.69) is 19.2 Å². The number of nitrogens with two attached hydrogens (primary N) is 1. The van der Waals surface area contributed by atoms with Crippen LogP contribution in [0.3, 0.4) is 0 Å². The first-order chi connectivity index (χ1) is 7.84. The van der Waals surface area contributed by atoms with Gasteiger partial charge in [0.1, 0.15) is 0 Å². The summed E-state index contributed by atoms with van der Waals surface area (Å²) in [4.78, 5) is 13.3. The van der Waals surface area contributed by atoms with E-state index in [1.54, 1.807) is 19.0 Å². The number of carbonyl (C=O) groups excluding carboxylic acids is 1. The quantitative estimate of drug-likeness (QED) is 0.754. The lowest BCUT2D eigenvalue weighted by atomic mass is 9.91. The van der Waals surface area contributed by atoms with E-state index < -0.39 is 0 Å². The lowest BCUT2D eigenvalue weighted by molar-refractivity contribution is -0.129. The van der Waals surface area contributed by atoms with Gasteiger partial charge in [0.2, 0.25) is 5.91 Å². The Hall–Kier alpha value is -0.610. The summed E-state index contributed by atoms with van der Waals surface area (Å²) in [5, 5.41) is 3.53. The van der Waals surface area contributed by atoms with E-state index in [0.29, 0.717) is 24.4 Å². The van der Waals surface area contributed by atoms with E-state index in [1.807, 2.05) is 0 Å². The van der Waals surface area contributed by atoms with Gasteiger partial charge in [-0.1, -0.05) is 13.8 Å². The van der Waals surface area contributed by atoms with Crippen molar-refractivity contribution in [2.24, 2.45) is 11.1 Å². The third kappa shape index (κ3) is 4.64. The van der Waals surface area contributed by atoms with Gasteiger partial charge >= 0.3 is 0 Å². The Morgan fingerprint density at radius 2 is 2.18 bits per heavy atom. The summed E-state index contributed by atoms with van der Waals surface area (Å²) in [6.45, 7) is 5.13.